The van der Waals surface area contributed by atoms with Crippen LogP contribution in [0.2, 0.25) is 5.02 Å². The summed E-state index contributed by atoms with van der Waals surface area (Å²) < 4.78 is 11.1. The zero-order valence-electron chi connectivity index (χ0n) is 18.6. The number of halogens is 1. The van der Waals surface area contributed by atoms with Crippen molar-refractivity contribution in [2.24, 2.45) is 0 Å². The van der Waals surface area contributed by atoms with E-state index >= 15 is 0 Å². The maximum atomic E-state index is 13.0. The van der Waals surface area contributed by atoms with E-state index in [-0.39, 0.29) is 24.5 Å². The van der Waals surface area contributed by atoms with E-state index < -0.39 is 17.7 Å². The van der Waals surface area contributed by atoms with Gasteiger partial charge >= 0.3 is 0 Å². The molecule has 1 saturated heterocycles. The van der Waals surface area contributed by atoms with Crippen LogP contribution in [0.15, 0.2) is 84.4 Å². The summed E-state index contributed by atoms with van der Waals surface area (Å²) in [6.45, 7) is 0.811. The first kappa shape index (κ1) is 23.5. The number of ether oxygens (including phenoxy) is 2. The fourth-order valence-electron chi connectivity index (χ4n) is 3.93. The molecule has 174 valence electrons. The number of hydrogen-bond acceptors (Lipinski definition) is 5. The summed E-state index contributed by atoms with van der Waals surface area (Å²) >= 11 is 5.97. The zero-order chi connectivity index (χ0) is 24.1. The number of Topliss-reactive ketones (excluding diaryl/α,β-unsaturated/α-hetero) is 1. The van der Waals surface area contributed by atoms with Crippen molar-refractivity contribution in [1.29, 1.82) is 0 Å². The number of methoxy groups -OCH3 is 1. The molecule has 1 amide bonds. The Morgan fingerprint density at radius 1 is 1.00 bits per heavy atom. The van der Waals surface area contributed by atoms with E-state index in [4.69, 9.17) is 21.1 Å². The average molecular weight is 478 g/mol. The molecule has 1 atom stereocenters. The lowest BCUT2D eigenvalue weighted by molar-refractivity contribution is -0.140. The molecule has 4 rings (SSSR count). The van der Waals surface area contributed by atoms with Gasteiger partial charge in [0.15, 0.2) is 0 Å². The first-order valence-corrected chi connectivity index (χ1v) is 11.2. The molecule has 0 spiro atoms. The minimum absolute atomic E-state index is 0.0173. The van der Waals surface area contributed by atoms with E-state index in [2.05, 4.69) is 0 Å². The van der Waals surface area contributed by atoms with Gasteiger partial charge in [-0.2, -0.15) is 0 Å². The van der Waals surface area contributed by atoms with Gasteiger partial charge in [0.05, 0.1) is 18.2 Å². The zero-order valence-corrected chi connectivity index (χ0v) is 19.4. The Morgan fingerprint density at radius 2 is 1.74 bits per heavy atom. The van der Waals surface area contributed by atoms with Gasteiger partial charge in [-0.05, 0) is 47.5 Å². The summed E-state index contributed by atoms with van der Waals surface area (Å²) in [5.74, 6) is -1.10. The van der Waals surface area contributed by atoms with Crippen LogP contribution in [0.5, 0.6) is 5.75 Å². The number of ketones is 1. The van der Waals surface area contributed by atoms with Gasteiger partial charge in [0.25, 0.3) is 11.7 Å². The van der Waals surface area contributed by atoms with E-state index in [1.807, 2.05) is 36.4 Å². The smallest absolute Gasteiger partial charge is 0.295 e. The second-order valence-electron chi connectivity index (χ2n) is 7.84. The normalized spacial score (nSPS) is 17.2. The molecule has 34 heavy (non-hydrogen) atoms. The van der Waals surface area contributed by atoms with Crippen molar-refractivity contribution in [3.05, 3.63) is 106 Å². The van der Waals surface area contributed by atoms with Crippen LogP contribution in [0.3, 0.4) is 0 Å². The monoisotopic (exact) mass is 477 g/mol. The van der Waals surface area contributed by atoms with Crippen molar-refractivity contribution >= 4 is 29.1 Å². The fourth-order valence-corrected chi connectivity index (χ4v) is 4.05. The van der Waals surface area contributed by atoms with Gasteiger partial charge in [0, 0.05) is 24.2 Å². The van der Waals surface area contributed by atoms with Crippen LogP contribution in [0, 0.1) is 0 Å². The van der Waals surface area contributed by atoms with Crippen LogP contribution in [0.25, 0.3) is 5.76 Å². The van der Waals surface area contributed by atoms with Gasteiger partial charge in [0.2, 0.25) is 0 Å². The number of carbonyl (C=O) groups is 2. The molecule has 6 nitrogen and oxygen atoms in total. The van der Waals surface area contributed by atoms with E-state index in [0.717, 1.165) is 5.56 Å². The van der Waals surface area contributed by atoms with Crippen LogP contribution < -0.4 is 4.74 Å². The van der Waals surface area contributed by atoms with Gasteiger partial charge in [-0.3, -0.25) is 9.59 Å². The highest BCUT2D eigenvalue weighted by Gasteiger charge is 2.46. The number of hydrogen-bond donors (Lipinski definition) is 1. The van der Waals surface area contributed by atoms with Crippen LogP contribution in [-0.2, 0) is 20.9 Å². The Labute approximate surface area is 203 Å². The van der Waals surface area contributed by atoms with Gasteiger partial charge in [-0.25, -0.2) is 0 Å². The molecule has 1 N–H and O–H groups in total. The van der Waals surface area contributed by atoms with Crippen molar-refractivity contribution in [1.82, 2.24) is 4.90 Å². The van der Waals surface area contributed by atoms with E-state index in [1.165, 1.54) is 12.0 Å². The molecule has 1 aliphatic rings. The van der Waals surface area contributed by atoms with E-state index in [0.29, 0.717) is 28.5 Å². The molecule has 0 aromatic heterocycles. The van der Waals surface area contributed by atoms with Crippen molar-refractivity contribution in [3.63, 3.8) is 0 Å². The van der Waals surface area contributed by atoms with Crippen LogP contribution >= 0.6 is 11.6 Å². The minimum Gasteiger partial charge on any atom is -0.507 e. The Morgan fingerprint density at radius 3 is 2.44 bits per heavy atom. The SMILES string of the molecule is COCCN1C(=O)C(=O)C(=C(O)c2ccc(Cl)cc2)C1c1cccc(OCc2ccccc2)c1. The maximum absolute atomic E-state index is 13.0. The molecule has 1 unspecified atom stereocenters. The van der Waals surface area contributed by atoms with Crippen molar-refractivity contribution in [2.45, 2.75) is 12.6 Å². The van der Waals surface area contributed by atoms with Crippen LogP contribution in [-0.4, -0.2) is 42.0 Å². The second-order valence-corrected chi connectivity index (χ2v) is 8.28. The third kappa shape index (κ3) is 4.98. The fraction of sp³-hybridized carbons (Fsp3) is 0.185. The molecule has 3 aromatic carbocycles. The number of amides is 1. The van der Waals surface area contributed by atoms with Crippen molar-refractivity contribution < 1.29 is 24.2 Å². The summed E-state index contributed by atoms with van der Waals surface area (Å²) in [6, 6.07) is 22.6. The summed E-state index contributed by atoms with van der Waals surface area (Å²) in [5, 5.41) is 11.6. The predicted octanol–water partition coefficient (Wildman–Crippen LogP) is 4.99. The van der Waals surface area contributed by atoms with Crippen LogP contribution in [0.4, 0.5) is 0 Å². The highest BCUT2D eigenvalue weighted by atomic mass is 35.5. The molecule has 1 aliphatic heterocycles. The number of aliphatic hydroxyl groups is 1. The minimum atomic E-state index is -0.786. The molecule has 0 bridgehead atoms. The summed E-state index contributed by atoms with van der Waals surface area (Å²) in [4.78, 5) is 27.4. The molecule has 3 aromatic rings. The first-order chi connectivity index (χ1) is 16.5. The molecule has 0 radical (unpaired) electrons. The number of benzene rings is 3. The largest absolute Gasteiger partial charge is 0.507 e. The molecular weight excluding hydrogens is 454 g/mol. The Balaban J connectivity index is 1.73. The molecule has 7 heteroatoms. The summed E-state index contributed by atoms with van der Waals surface area (Å²) in [6.07, 6.45) is 0. The number of aliphatic hydroxyl groups excluding tert-OH is 1. The molecule has 0 aliphatic carbocycles. The highest BCUT2D eigenvalue weighted by molar-refractivity contribution is 6.46. The van der Waals surface area contributed by atoms with Gasteiger partial charge in [0.1, 0.15) is 18.1 Å². The van der Waals surface area contributed by atoms with Crippen molar-refractivity contribution in [2.75, 3.05) is 20.3 Å². The molecular formula is C27H24ClNO5. The van der Waals surface area contributed by atoms with E-state index in [9.17, 15) is 14.7 Å². The molecule has 1 fully saturated rings. The third-order valence-electron chi connectivity index (χ3n) is 5.62. The first-order valence-electron chi connectivity index (χ1n) is 10.8. The summed E-state index contributed by atoms with van der Waals surface area (Å²) in [7, 11) is 1.53. The third-order valence-corrected chi connectivity index (χ3v) is 5.87. The number of rotatable bonds is 8. The predicted molar refractivity (Wildman–Crippen MR) is 130 cm³/mol. The number of carbonyl (C=O) groups excluding carboxylic acids is 2. The number of likely N-dealkylation sites (tertiary alicyclic amines) is 1. The highest BCUT2D eigenvalue weighted by Crippen LogP contribution is 2.40. The maximum Gasteiger partial charge on any atom is 0.295 e. The topological polar surface area (TPSA) is 76.1 Å². The number of nitrogens with zero attached hydrogens (tertiary/aromatic N) is 1. The Hall–Kier alpha value is -3.61. The van der Waals surface area contributed by atoms with Crippen molar-refractivity contribution in [3.8, 4) is 5.75 Å². The Kier molecular flexibility index (Phi) is 7.30. The molecule has 1 heterocycles. The lowest BCUT2D eigenvalue weighted by Crippen LogP contribution is -2.32. The summed E-state index contributed by atoms with van der Waals surface area (Å²) in [5.41, 5.74) is 2.08. The van der Waals surface area contributed by atoms with Gasteiger partial charge in [-0.1, -0.05) is 54.1 Å². The van der Waals surface area contributed by atoms with E-state index in [1.54, 1.807) is 42.5 Å². The standard InChI is InChI=1S/C27H24ClNO5/c1-33-15-14-29-24(20-8-5-9-22(16-20)34-17-18-6-3-2-4-7-18)23(26(31)27(29)32)25(30)19-10-12-21(28)13-11-19/h2-13,16,24,30H,14-15,17H2,1H3. The lowest BCUT2D eigenvalue weighted by atomic mass is 9.95. The lowest BCUT2D eigenvalue weighted by Gasteiger charge is -2.25. The second kappa shape index (κ2) is 10.5. The van der Waals surface area contributed by atoms with Crippen LogP contribution in [0.1, 0.15) is 22.7 Å². The quantitative estimate of drug-likeness (QED) is 0.281. The van der Waals surface area contributed by atoms with Gasteiger partial charge in [-0.15, -0.1) is 0 Å². The molecule has 0 saturated carbocycles. The Bertz CT molecular complexity index is 1210. The van der Waals surface area contributed by atoms with Gasteiger partial charge < -0.3 is 19.5 Å². The average Bonchev–Trinajstić information content (AvgIpc) is 3.12.